The second-order valence-corrected chi connectivity index (χ2v) is 7.21. The van der Waals surface area contributed by atoms with Gasteiger partial charge in [0.05, 0.1) is 12.4 Å². The number of halogens is 1. The predicted molar refractivity (Wildman–Crippen MR) is 93.6 cm³/mol. The molecule has 0 radical (unpaired) electrons. The number of carbonyl (C=O) groups excluding carboxylic acids is 1. The van der Waals surface area contributed by atoms with Gasteiger partial charge in [-0.05, 0) is 49.8 Å². The number of amides is 2. The Bertz CT molecular complexity index is 796. The van der Waals surface area contributed by atoms with E-state index < -0.39 is 5.82 Å². The molecule has 0 aliphatic carbocycles. The molecule has 0 saturated carbocycles. The van der Waals surface area contributed by atoms with Crippen molar-refractivity contribution in [1.29, 1.82) is 0 Å². The molecule has 2 aliphatic heterocycles. The van der Waals surface area contributed by atoms with Crippen LogP contribution >= 0.6 is 0 Å². The SMILES string of the molecule is Cc1ccc(NC(=O)N2[C@@H]3CC(C)C[C@H]2C3)cc1-c1ncc(F)cn1. The smallest absolute Gasteiger partial charge is 0.318 e. The minimum absolute atomic E-state index is 0.0389. The Balaban J connectivity index is 1.53. The molecule has 1 N–H and O–H groups in total. The summed E-state index contributed by atoms with van der Waals surface area (Å²) in [4.78, 5) is 22.7. The van der Waals surface area contributed by atoms with E-state index in [9.17, 15) is 9.18 Å². The molecule has 3 atom stereocenters. The third-order valence-corrected chi connectivity index (χ3v) is 5.26. The lowest BCUT2D eigenvalue weighted by Crippen LogP contribution is -2.63. The number of nitrogens with zero attached hydrogens (tertiary/aromatic N) is 3. The molecular formula is C19H21FN4O. The van der Waals surface area contributed by atoms with Gasteiger partial charge in [-0.2, -0.15) is 0 Å². The number of nitrogens with one attached hydrogen (secondary N) is 1. The Hall–Kier alpha value is -2.50. The van der Waals surface area contributed by atoms with Crippen LogP contribution in [0.15, 0.2) is 30.6 Å². The van der Waals surface area contributed by atoms with Gasteiger partial charge in [-0.25, -0.2) is 19.2 Å². The fraction of sp³-hybridized carbons (Fsp3) is 0.421. The van der Waals surface area contributed by atoms with Crippen LogP contribution < -0.4 is 5.32 Å². The van der Waals surface area contributed by atoms with Crippen molar-refractivity contribution in [2.45, 2.75) is 45.2 Å². The van der Waals surface area contributed by atoms with E-state index in [1.54, 1.807) is 0 Å². The van der Waals surface area contributed by atoms with Gasteiger partial charge in [0.2, 0.25) is 0 Å². The highest BCUT2D eigenvalue weighted by atomic mass is 19.1. The maximum absolute atomic E-state index is 13.0. The van der Waals surface area contributed by atoms with E-state index in [0.717, 1.165) is 42.8 Å². The molecule has 2 bridgehead atoms. The maximum atomic E-state index is 13.0. The van der Waals surface area contributed by atoms with Crippen LogP contribution in [0, 0.1) is 18.7 Å². The number of hydrogen-bond acceptors (Lipinski definition) is 3. The van der Waals surface area contributed by atoms with Crippen LogP contribution in [0.2, 0.25) is 0 Å². The van der Waals surface area contributed by atoms with Gasteiger partial charge in [0.1, 0.15) is 0 Å². The van der Waals surface area contributed by atoms with E-state index in [1.165, 1.54) is 0 Å². The molecule has 2 aromatic rings. The average molecular weight is 340 g/mol. The second kappa shape index (κ2) is 6.10. The molecule has 1 unspecified atom stereocenters. The van der Waals surface area contributed by atoms with Crippen molar-refractivity contribution in [2.75, 3.05) is 5.32 Å². The molecule has 130 valence electrons. The second-order valence-electron chi connectivity index (χ2n) is 7.21. The quantitative estimate of drug-likeness (QED) is 0.899. The molecule has 1 aromatic carbocycles. The summed E-state index contributed by atoms with van der Waals surface area (Å²) < 4.78 is 13.0. The lowest BCUT2D eigenvalue weighted by atomic mass is 9.74. The lowest BCUT2D eigenvalue weighted by Gasteiger charge is -2.54. The number of benzene rings is 1. The summed E-state index contributed by atoms with van der Waals surface area (Å²) in [6.07, 6.45) is 5.60. The number of aromatic nitrogens is 2. The Labute approximate surface area is 146 Å². The molecule has 5 nitrogen and oxygen atoms in total. The average Bonchev–Trinajstić information content (AvgIpc) is 2.57. The predicted octanol–water partition coefficient (Wildman–Crippen LogP) is 4.00. The van der Waals surface area contributed by atoms with Crippen molar-refractivity contribution in [2.24, 2.45) is 5.92 Å². The van der Waals surface area contributed by atoms with Crippen molar-refractivity contribution < 1.29 is 9.18 Å². The number of anilines is 1. The summed E-state index contributed by atoms with van der Waals surface area (Å²) in [5.74, 6) is 0.684. The van der Waals surface area contributed by atoms with Crippen LogP contribution in [-0.4, -0.2) is 33.0 Å². The van der Waals surface area contributed by atoms with Crippen LogP contribution in [0.4, 0.5) is 14.9 Å². The number of urea groups is 1. The van der Waals surface area contributed by atoms with Crippen molar-refractivity contribution in [3.63, 3.8) is 0 Å². The Morgan fingerprint density at radius 1 is 1.20 bits per heavy atom. The molecule has 4 rings (SSSR count). The van der Waals surface area contributed by atoms with E-state index in [4.69, 9.17) is 0 Å². The Kier molecular flexibility index (Phi) is 3.90. The fourth-order valence-electron chi connectivity index (χ4n) is 4.06. The van der Waals surface area contributed by atoms with Gasteiger partial charge in [-0.15, -0.1) is 0 Å². The highest BCUT2D eigenvalue weighted by molar-refractivity contribution is 5.91. The number of carbonyl (C=O) groups is 1. The summed E-state index contributed by atoms with van der Waals surface area (Å²) in [5.41, 5.74) is 2.46. The van der Waals surface area contributed by atoms with Crippen molar-refractivity contribution in [3.8, 4) is 11.4 Å². The molecule has 2 fully saturated rings. The molecule has 6 heteroatoms. The number of fused-ring (bicyclic) bond motifs is 2. The van der Waals surface area contributed by atoms with E-state index in [0.29, 0.717) is 29.5 Å². The first-order valence-electron chi connectivity index (χ1n) is 8.69. The molecule has 2 amide bonds. The van der Waals surface area contributed by atoms with Crippen LogP contribution in [0.5, 0.6) is 0 Å². The van der Waals surface area contributed by atoms with E-state index >= 15 is 0 Å². The minimum atomic E-state index is -0.468. The van der Waals surface area contributed by atoms with Gasteiger partial charge in [0, 0.05) is 23.3 Å². The van der Waals surface area contributed by atoms with E-state index in [-0.39, 0.29) is 6.03 Å². The van der Waals surface area contributed by atoms with Gasteiger partial charge < -0.3 is 10.2 Å². The fourth-order valence-corrected chi connectivity index (χ4v) is 4.06. The third-order valence-electron chi connectivity index (χ3n) is 5.26. The first-order chi connectivity index (χ1) is 12.0. The molecule has 1 aromatic heterocycles. The van der Waals surface area contributed by atoms with Crippen LogP contribution in [0.1, 0.15) is 31.7 Å². The number of aryl methyl sites for hydroxylation is 1. The van der Waals surface area contributed by atoms with Crippen LogP contribution in [0.3, 0.4) is 0 Å². The molecule has 0 spiro atoms. The van der Waals surface area contributed by atoms with Gasteiger partial charge in [-0.3, -0.25) is 0 Å². The number of hydrogen-bond donors (Lipinski definition) is 1. The lowest BCUT2D eigenvalue weighted by molar-refractivity contribution is -0.00600. The molecule has 3 heterocycles. The van der Waals surface area contributed by atoms with Gasteiger partial charge in [0.25, 0.3) is 0 Å². The Morgan fingerprint density at radius 3 is 2.56 bits per heavy atom. The first kappa shape index (κ1) is 16.0. The molecule has 2 saturated heterocycles. The first-order valence-corrected chi connectivity index (χ1v) is 8.69. The number of piperidine rings is 1. The summed E-state index contributed by atoms with van der Waals surface area (Å²) >= 11 is 0. The molecular weight excluding hydrogens is 319 g/mol. The highest BCUT2D eigenvalue weighted by Crippen LogP contribution is 2.41. The van der Waals surface area contributed by atoms with Crippen LogP contribution in [-0.2, 0) is 0 Å². The van der Waals surface area contributed by atoms with Gasteiger partial charge >= 0.3 is 6.03 Å². The van der Waals surface area contributed by atoms with E-state index in [1.807, 2.05) is 30.0 Å². The highest BCUT2D eigenvalue weighted by Gasteiger charge is 2.46. The molecule has 2 aliphatic rings. The van der Waals surface area contributed by atoms with Gasteiger partial charge in [0.15, 0.2) is 11.6 Å². The monoisotopic (exact) mass is 340 g/mol. The van der Waals surface area contributed by atoms with Gasteiger partial charge in [-0.1, -0.05) is 13.0 Å². The zero-order valence-electron chi connectivity index (χ0n) is 14.4. The normalized spacial score (nSPS) is 24.6. The third kappa shape index (κ3) is 2.97. The summed E-state index contributed by atoms with van der Waals surface area (Å²) in [7, 11) is 0. The zero-order chi connectivity index (χ0) is 17.6. The summed E-state index contributed by atoms with van der Waals surface area (Å²) in [6.45, 7) is 4.19. The van der Waals surface area contributed by atoms with E-state index in [2.05, 4.69) is 22.2 Å². The van der Waals surface area contributed by atoms with Crippen molar-refractivity contribution in [3.05, 3.63) is 42.0 Å². The number of rotatable bonds is 2. The van der Waals surface area contributed by atoms with Crippen molar-refractivity contribution in [1.82, 2.24) is 14.9 Å². The maximum Gasteiger partial charge on any atom is 0.322 e. The largest absolute Gasteiger partial charge is 0.322 e. The molecule has 25 heavy (non-hydrogen) atoms. The summed E-state index contributed by atoms with van der Waals surface area (Å²) in [6, 6.07) is 6.34. The van der Waals surface area contributed by atoms with Crippen molar-refractivity contribution >= 4 is 11.7 Å². The standard InChI is InChI=1S/C19H21FN4O/c1-11-5-15-8-16(6-11)24(15)19(25)23-14-4-3-12(2)17(7-14)18-21-9-13(20)10-22-18/h3-4,7,9-11,15-16H,5-6,8H2,1-2H3,(H,23,25)/t11?,15-,16+. The topological polar surface area (TPSA) is 58.1 Å². The minimum Gasteiger partial charge on any atom is -0.318 e. The van der Waals surface area contributed by atoms with Crippen LogP contribution in [0.25, 0.3) is 11.4 Å². The zero-order valence-corrected chi connectivity index (χ0v) is 14.4. The Morgan fingerprint density at radius 2 is 1.88 bits per heavy atom. The summed E-state index contributed by atoms with van der Waals surface area (Å²) in [5, 5.41) is 2.99.